The van der Waals surface area contributed by atoms with Crippen LogP contribution in [-0.4, -0.2) is 38.1 Å². The first kappa shape index (κ1) is 23.8. The first-order chi connectivity index (χ1) is 16.5. The summed E-state index contributed by atoms with van der Waals surface area (Å²) < 4.78 is 5.41. The molecule has 2 N–H and O–H groups in total. The Labute approximate surface area is 204 Å². The summed E-state index contributed by atoms with van der Waals surface area (Å²) in [5.41, 5.74) is 5.63. The maximum absolute atomic E-state index is 12.8. The third-order valence-electron chi connectivity index (χ3n) is 5.83. The Kier molecular flexibility index (Phi) is 7.83. The van der Waals surface area contributed by atoms with Crippen LogP contribution in [0.5, 0.6) is 0 Å². The first-order valence-electron chi connectivity index (χ1n) is 11.3. The average Bonchev–Trinajstić information content (AvgIpc) is 2.89. The number of hydrogen-bond donors (Lipinski definition) is 2. The smallest absolute Gasteiger partial charge is 0.255 e. The summed E-state index contributed by atoms with van der Waals surface area (Å²) in [6, 6.07) is 20.7. The lowest BCUT2D eigenvalue weighted by molar-refractivity contribution is 0.0950. The van der Waals surface area contributed by atoms with Gasteiger partial charge in [-0.2, -0.15) is 0 Å². The molecule has 1 aliphatic rings. The molecule has 2 amide bonds. The van der Waals surface area contributed by atoms with Gasteiger partial charge in [0.2, 0.25) is 0 Å². The summed E-state index contributed by atoms with van der Waals surface area (Å²) in [5.74, 6) is 0.0142. The van der Waals surface area contributed by atoms with E-state index in [1.165, 1.54) is 0 Å². The van der Waals surface area contributed by atoms with Crippen molar-refractivity contribution in [3.63, 3.8) is 0 Å². The van der Waals surface area contributed by atoms with Crippen molar-refractivity contribution in [1.29, 1.82) is 0 Å². The SMILES string of the molecule is Cc1ccc(CNC(=O)c2cccc(N3CCOCC3)c2)cc1NC(=O)c1cccc(CCl)c1. The molecular formula is C27H28ClN3O3. The third-order valence-corrected chi connectivity index (χ3v) is 6.14. The van der Waals surface area contributed by atoms with E-state index in [-0.39, 0.29) is 11.8 Å². The van der Waals surface area contributed by atoms with Gasteiger partial charge in [-0.1, -0.05) is 30.3 Å². The molecule has 3 aromatic carbocycles. The largest absolute Gasteiger partial charge is 0.378 e. The molecule has 7 heteroatoms. The molecule has 0 atom stereocenters. The van der Waals surface area contributed by atoms with E-state index in [4.69, 9.17) is 16.3 Å². The van der Waals surface area contributed by atoms with Crippen LogP contribution in [-0.2, 0) is 17.2 Å². The van der Waals surface area contributed by atoms with E-state index < -0.39 is 0 Å². The number of halogens is 1. The Balaban J connectivity index is 1.40. The number of alkyl halides is 1. The normalized spacial score (nSPS) is 13.4. The van der Waals surface area contributed by atoms with Gasteiger partial charge < -0.3 is 20.3 Å². The van der Waals surface area contributed by atoms with Crippen molar-refractivity contribution in [2.24, 2.45) is 0 Å². The number of aryl methyl sites for hydroxylation is 1. The van der Waals surface area contributed by atoms with Crippen LogP contribution in [0.25, 0.3) is 0 Å². The van der Waals surface area contributed by atoms with E-state index >= 15 is 0 Å². The average molecular weight is 478 g/mol. The molecule has 0 aliphatic carbocycles. The van der Waals surface area contributed by atoms with Gasteiger partial charge in [0.25, 0.3) is 11.8 Å². The predicted molar refractivity (Wildman–Crippen MR) is 136 cm³/mol. The first-order valence-corrected chi connectivity index (χ1v) is 11.8. The number of rotatable bonds is 7. The summed E-state index contributed by atoms with van der Waals surface area (Å²) in [6.45, 7) is 5.32. The molecule has 0 spiro atoms. The van der Waals surface area contributed by atoms with E-state index in [0.717, 1.165) is 35.5 Å². The lowest BCUT2D eigenvalue weighted by atomic mass is 10.1. The van der Waals surface area contributed by atoms with Crippen LogP contribution in [0.3, 0.4) is 0 Å². The highest BCUT2D eigenvalue weighted by atomic mass is 35.5. The minimum absolute atomic E-state index is 0.140. The molecule has 0 saturated carbocycles. The second kappa shape index (κ2) is 11.2. The van der Waals surface area contributed by atoms with Crippen LogP contribution in [0, 0.1) is 6.92 Å². The molecule has 1 heterocycles. The molecule has 0 unspecified atom stereocenters. The molecule has 4 rings (SSSR count). The van der Waals surface area contributed by atoms with Crippen molar-refractivity contribution in [3.05, 3.63) is 94.5 Å². The number of anilines is 2. The van der Waals surface area contributed by atoms with Crippen molar-refractivity contribution in [2.75, 3.05) is 36.5 Å². The minimum atomic E-state index is -0.198. The molecule has 1 fully saturated rings. The number of nitrogens with one attached hydrogen (secondary N) is 2. The standard InChI is InChI=1S/C27H28ClN3O3/c1-19-8-9-21(15-25(19)30-27(33)22-5-2-4-20(14-22)17-28)18-29-26(32)23-6-3-7-24(16-23)31-10-12-34-13-11-31/h2-9,14-16H,10-13,17-18H2,1H3,(H,29,32)(H,30,33). The van der Waals surface area contributed by atoms with E-state index in [1.54, 1.807) is 12.1 Å². The molecule has 0 bridgehead atoms. The second-order valence-electron chi connectivity index (χ2n) is 8.27. The Morgan fingerprint density at radius 3 is 2.41 bits per heavy atom. The second-order valence-corrected chi connectivity index (χ2v) is 8.54. The molecular weight excluding hydrogens is 450 g/mol. The van der Waals surface area contributed by atoms with E-state index in [2.05, 4.69) is 15.5 Å². The van der Waals surface area contributed by atoms with Crippen LogP contribution in [0.4, 0.5) is 11.4 Å². The number of carbonyl (C=O) groups is 2. The predicted octanol–water partition coefficient (Wildman–Crippen LogP) is 4.75. The summed E-state index contributed by atoms with van der Waals surface area (Å²) in [6.07, 6.45) is 0. The maximum atomic E-state index is 12.8. The van der Waals surface area contributed by atoms with Crippen molar-refractivity contribution < 1.29 is 14.3 Å². The summed E-state index contributed by atoms with van der Waals surface area (Å²) in [7, 11) is 0. The third kappa shape index (κ3) is 5.95. The van der Waals surface area contributed by atoms with Gasteiger partial charge >= 0.3 is 0 Å². The zero-order valence-corrected chi connectivity index (χ0v) is 19.9. The lowest BCUT2D eigenvalue weighted by Gasteiger charge is -2.29. The Morgan fingerprint density at radius 1 is 0.912 bits per heavy atom. The summed E-state index contributed by atoms with van der Waals surface area (Å²) in [5, 5.41) is 5.95. The summed E-state index contributed by atoms with van der Waals surface area (Å²) in [4.78, 5) is 27.7. The van der Waals surface area contributed by atoms with Crippen molar-refractivity contribution in [1.82, 2.24) is 5.32 Å². The minimum Gasteiger partial charge on any atom is -0.378 e. The van der Waals surface area contributed by atoms with Gasteiger partial charge in [0.15, 0.2) is 0 Å². The molecule has 1 saturated heterocycles. The number of hydrogen-bond acceptors (Lipinski definition) is 4. The van der Waals surface area contributed by atoms with Crippen molar-refractivity contribution >= 4 is 34.8 Å². The van der Waals surface area contributed by atoms with Crippen LogP contribution in [0.1, 0.15) is 37.4 Å². The number of nitrogens with zero attached hydrogens (tertiary/aromatic N) is 1. The van der Waals surface area contributed by atoms with Gasteiger partial charge in [0.1, 0.15) is 0 Å². The molecule has 6 nitrogen and oxygen atoms in total. The van der Waals surface area contributed by atoms with Crippen LogP contribution in [0.15, 0.2) is 66.7 Å². The Bertz CT molecular complexity index is 1180. The summed E-state index contributed by atoms with van der Waals surface area (Å²) >= 11 is 5.89. The number of benzene rings is 3. The van der Waals surface area contributed by atoms with E-state index in [9.17, 15) is 9.59 Å². The fourth-order valence-corrected chi connectivity index (χ4v) is 4.02. The van der Waals surface area contributed by atoms with Gasteiger partial charge in [-0.15, -0.1) is 11.6 Å². The van der Waals surface area contributed by atoms with Gasteiger partial charge in [-0.3, -0.25) is 9.59 Å². The number of ether oxygens (including phenoxy) is 1. The molecule has 176 valence electrons. The topological polar surface area (TPSA) is 70.7 Å². The molecule has 0 radical (unpaired) electrons. The van der Waals surface area contributed by atoms with E-state index in [0.29, 0.717) is 42.5 Å². The lowest BCUT2D eigenvalue weighted by Crippen LogP contribution is -2.36. The van der Waals surface area contributed by atoms with E-state index in [1.807, 2.05) is 61.5 Å². The fourth-order valence-electron chi connectivity index (χ4n) is 3.85. The zero-order chi connectivity index (χ0) is 23.9. The van der Waals surface area contributed by atoms with Gasteiger partial charge in [-0.25, -0.2) is 0 Å². The van der Waals surface area contributed by atoms with Crippen LogP contribution >= 0.6 is 11.6 Å². The number of morpholine rings is 1. The highest BCUT2D eigenvalue weighted by Crippen LogP contribution is 2.20. The van der Waals surface area contributed by atoms with Gasteiger partial charge in [-0.05, 0) is 60.0 Å². The maximum Gasteiger partial charge on any atom is 0.255 e. The zero-order valence-electron chi connectivity index (χ0n) is 19.1. The fraction of sp³-hybridized carbons (Fsp3) is 0.259. The van der Waals surface area contributed by atoms with Gasteiger partial charge in [0, 0.05) is 48.0 Å². The van der Waals surface area contributed by atoms with Crippen molar-refractivity contribution in [3.8, 4) is 0 Å². The number of amides is 2. The van der Waals surface area contributed by atoms with Gasteiger partial charge in [0.05, 0.1) is 13.2 Å². The Hall–Kier alpha value is -3.35. The monoisotopic (exact) mass is 477 g/mol. The highest BCUT2D eigenvalue weighted by Gasteiger charge is 2.14. The van der Waals surface area contributed by atoms with Crippen LogP contribution in [0.2, 0.25) is 0 Å². The molecule has 0 aromatic heterocycles. The quantitative estimate of drug-likeness (QED) is 0.482. The van der Waals surface area contributed by atoms with Crippen LogP contribution < -0.4 is 15.5 Å². The Morgan fingerprint density at radius 2 is 1.65 bits per heavy atom. The van der Waals surface area contributed by atoms with Crippen molar-refractivity contribution in [2.45, 2.75) is 19.3 Å². The molecule has 3 aromatic rings. The number of carbonyl (C=O) groups excluding carboxylic acids is 2. The highest BCUT2D eigenvalue weighted by molar-refractivity contribution is 6.17. The molecule has 1 aliphatic heterocycles. The molecule has 34 heavy (non-hydrogen) atoms.